The van der Waals surface area contributed by atoms with Crippen LogP contribution in [0, 0.1) is 6.92 Å². The Morgan fingerprint density at radius 1 is 1.48 bits per heavy atom. The smallest absolute Gasteiger partial charge is 0.276 e. The van der Waals surface area contributed by atoms with E-state index in [1.807, 2.05) is 24.7 Å². The third-order valence-electron chi connectivity index (χ3n) is 3.95. The van der Waals surface area contributed by atoms with Crippen LogP contribution in [0.5, 0.6) is 0 Å². The molecule has 1 amide bonds. The topological polar surface area (TPSA) is 73.4 Å². The highest BCUT2D eigenvalue weighted by Gasteiger charge is 2.30. The average molecular weight is 318 g/mol. The highest BCUT2D eigenvalue weighted by atomic mass is 16.5. The molecule has 3 heterocycles. The molecule has 1 aliphatic rings. The lowest BCUT2D eigenvalue weighted by Gasteiger charge is -2.32. The highest BCUT2D eigenvalue weighted by molar-refractivity contribution is 5.92. The first-order valence-electron chi connectivity index (χ1n) is 7.94. The second-order valence-corrected chi connectivity index (χ2v) is 5.89. The lowest BCUT2D eigenvalue weighted by molar-refractivity contribution is -0.0282. The van der Waals surface area contributed by atoms with Gasteiger partial charge in [-0.05, 0) is 13.3 Å². The standard InChI is InChI=1S/C16H22N4O3/c1-4-5-12-8-13(18-23-12)16(21)20-6-7-22-14(10-20)15-17-11(2)9-19(15)3/h8-9,14H,4-7,10H2,1-3H3/t14-/m1/s1. The van der Waals surface area contributed by atoms with Crippen molar-refractivity contribution < 1.29 is 14.1 Å². The molecule has 1 aliphatic heterocycles. The van der Waals surface area contributed by atoms with Crippen LogP contribution in [0.2, 0.25) is 0 Å². The van der Waals surface area contributed by atoms with Gasteiger partial charge in [-0.25, -0.2) is 4.98 Å². The Hall–Kier alpha value is -2.15. The second kappa shape index (κ2) is 6.54. The van der Waals surface area contributed by atoms with Crippen molar-refractivity contribution in [3.05, 3.63) is 35.2 Å². The minimum Gasteiger partial charge on any atom is -0.367 e. The third kappa shape index (κ3) is 3.29. The van der Waals surface area contributed by atoms with E-state index in [1.165, 1.54) is 0 Å². The van der Waals surface area contributed by atoms with Gasteiger partial charge in [0.2, 0.25) is 0 Å². The van der Waals surface area contributed by atoms with Gasteiger partial charge in [-0.15, -0.1) is 0 Å². The number of hydrogen-bond donors (Lipinski definition) is 0. The number of hydrogen-bond acceptors (Lipinski definition) is 5. The van der Waals surface area contributed by atoms with E-state index in [2.05, 4.69) is 17.1 Å². The SMILES string of the molecule is CCCc1cc(C(=O)N2CCO[C@@H](c3nc(C)cn3C)C2)no1. The third-order valence-corrected chi connectivity index (χ3v) is 3.95. The van der Waals surface area contributed by atoms with Gasteiger partial charge in [0.1, 0.15) is 17.7 Å². The van der Waals surface area contributed by atoms with E-state index in [0.717, 1.165) is 30.1 Å². The monoisotopic (exact) mass is 318 g/mol. The van der Waals surface area contributed by atoms with Gasteiger partial charge in [0.15, 0.2) is 5.69 Å². The number of imidazole rings is 1. The quantitative estimate of drug-likeness (QED) is 0.860. The van der Waals surface area contributed by atoms with Crippen molar-refractivity contribution in [2.75, 3.05) is 19.7 Å². The summed E-state index contributed by atoms with van der Waals surface area (Å²) in [6, 6.07) is 1.74. The maximum atomic E-state index is 12.6. The van der Waals surface area contributed by atoms with Gasteiger partial charge < -0.3 is 18.7 Å². The predicted octanol–water partition coefficient (Wildman–Crippen LogP) is 1.88. The van der Waals surface area contributed by atoms with Gasteiger partial charge in [-0.3, -0.25) is 4.79 Å². The minimum absolute atomic E-state index is 0.115. The summed E-state index contributed by atoms with van der Waals surface area (Å²) in [6.07, 6.45) is 3.49. The minimum atomic E-state index is -0.214. The van der Waals surface area contributed by atoms with Gasteiger partial charge in [0, 0.05) is 32.3 Å². The van der Waals surface area contributed by atoms with Crippen LogP contribution in [-0.4, -0.2) is 45.2 Å². The molecule has 3 rings (SSSR count). The number of carbonyl (C=O) groups excluding carboxylic acids is 1. The first-order valence-corrected chi connectivity index (χ1v) is 7.94. The van der Waals surface area contributed by atoms with Gasteiger partial charge in [-0.2, -0.15) is 0 Å². The van der Waals surface area contributed by atoms with Crippen molar-refractivity contribution in [3.8, 4) is 0 Å². The zero-order chi connectivity index (χ0) is 16.4. The van der Waals surface area contributed by atoms with Gasteiger partial charge in [-0.1, -0.05) is 12.1 Å². The number of aryl methyl sites for hydroxylation is 3. The molecule has 0 bridgehead atoms. The zero-order valence-corrected chi connectivity index (χ0v) is 13.8. The van der Waals surface area contributed by atoms with Crippen LogP contribution in [0.4, 0.5) is 0 Å². The number of rotatable bonds is 4. The van der Waals surface area contributed by atoms with Crippen molar-refractivity contribution in [2.24, 2.45) is 7.05 Å². The van der Waals surface area contributed by atoms with E-state index in [-0.39, 0.29) is 12.0 Å². The molecule has 7 heteroatoms. The Bertz CT molecular complexity index is 691. The van der Waals surface area contributed by atoms with Gasteiger partial charge in [0.25, 0.3) is 5.91 Å². The lowest BCUT2D eigenvalue weighted by Crippen LogP contribution is -2.43. The highest BCUT2D eigenvalue weighted by Crippen LogP contribution is 2.22. The van der Waals surface area contributed by atoms with Crippen LogP contribution in [0.1, 0.15) is 47.2 Å². The van der Waals surface area contributed by atoms with Crippen molar-refractivity contribution >= 4 is 5.91 Å². The Balaban J connectivity index is 1.72. The van der Waals surface area contributed by atoms with Crippen molar-refractivity contribution in [1.82, 2.24) is 19.6 Å². The molecule has 0 spiro atoms. The van der Waals surface area contributed by atoms with E-state index in [1.54, 1.807) is 11.0 Å². The average Bonchev–Trinajstić information content (AvgIpc) is 3.13. The zero-order valence-electron chi connectivity index (χ0n) is 13.8. The molecule has 1 saturated heterocycles. The fourth-order valence-corrected chi connectivity index (χ4v) is 2.86. The number of carbonyl (C=O) groups is 1. The Morgan fingerprint density at radius 3 is 3.00 bits per heavy atom. The predicted molar refractivity (Wildman–Crippen MR) is 83.0 cm³/mol. The van der Waals surface area contributed by atoms with E-state index in [4.69, 9.17) is 9.26 Å². The van der Waals surface area contributed by atoms with Gasteiger partial charge >= 0.3 is 0 Å². The Morgan fingerprint density at radius 2 is 2.30 bits per heavy atom. The van der Waals surface area contributed by atoms with E-state index in [9.17, 15) is 4.79 Å². The van der Waals surface area contributed by atoms with Crippen LogP contribution in [0.25, 0.3) is 0 Å². The molecule has 0 N–H and O–H groups in total. The molecule has 2 aromatic heterocycles. The van der Waals surface area contributed by atoms with Crippen LogP contribution < -0.4 is 0 Å². The maximum Gasteiger partial charge on any atom is 0.276 e. The Kier molecular flexibility index (Phi) is 4.47. The van der Waals surface area contributed by atoms with Crippen molar-refractivity contribution in [3.63, 3.8) is 0 Å². The summed E-state index contributed by atoms with van der Waals surface area (Å²) in [5.74, 6) is 1.47. The molecule has 124 valence electrons. The van der Waals surface area contributed by atoms with Crippen molar-refractivity contribution in [1.29, 1.82) is 0 Å². The molecule has 23 heavy (non-hydrogen) atoms. The van der Waals surface area contributed by atoms with E-state index in [0.29, 0.717) is 25.4 Å². The lowest BCUT2D eigenvalue weighted by atomic mass is 10.2. The molecule has 1 fully saturated rings. The summed E-state index contributed by atoms with van der Waals surface area (Å²) >= 11 is 0. The summed E-state index contributed by atoms with van der Waals surface area (Å²) in [4.78, 5) is 18.9. The van der Waals surface area contributed by atoms with E-state index >= 15 is 0 Å². The molecule has 0 saturated carbocycles. The number of ether oxygens (including phenoxy) is 1. The van der Waals surface area contributed by atoms with Crippen LogP contribution >= 0.6 is 0 Å². The van der Waals surface area contributed by atoms with Crippen LogP contribution in [0.15, 0.2) is 16.8 Å². The molecule has 0 aliphatic carbocycles. The molecular weight excluding hydrogens is 296 g/mol. The molecule has 0 aromatic carbocycles. The summed E-state index contributed by atoms with van der Waals surface area (Å²) in [5.41, 5.74) is 1.31. The second-order valence-electron chi connectivity index (χ2n) is 5.89. The molecule has 0 unspecified atom stereocenters. The summed E-state index contributed by atoms with van der Waals surface area (Å²) < 4.78 is 13.0. The fourth-order valence-electron chi connectivity index (χ4n) is 2.86. The first kappa shape index (κ1) is 15.7. The number of nitrogens with zero attached hydrogens (tertiary/aromatic N) is 4. The fraction of sp³-hybridized carbons (Fsp3) is 0.562. The molecule has 0 radical (unpaired) electrons. The molecule has 1 atom stereocenters. The molecular formula is C16H22N4O3. The number of amides is 1. The number of morpholine rings is 1. The number of aromatic nitrogens is 3. The Labute approximate surface area is 135 Å². The first-order chi connectivity index (χ1) is 11.1. The summed E-state index contributed by atoms with van der Waals surface area (Å²) in [6.45, 7) is 5.52. The van der Waals surface area contributed by atoms with Gasteiger partial charge in [0.05, 0.1) is 18.8 Å². The maximum absolute atomic E-state index is 12.6. The largest absolute Gasteiger partial charge is 0.367 e. The summed E-state index contributed by atoms with van der Waals surface area (Å²) in [5, 5.41) is 3.90. The summed E-state index contributed by atoms with van der Waals surface area (Å²) in [7, 11) is 1.94. The molecule has 7 nitrogen and oxygen atoms in total. The van der Waals surface area contributed by atoms with Crippen LogP contribution in [0.3, 0.4) is 0 Å². The van der Waals surface area contributed by atoms with E-state index < -0.39 is 0 Å². The molecule has 2 aromatic rings. The normalized spacial score (nSPS) is 18.4. The van der Waals surface area contributed by atoms with Crippen molar-refractivity contribution in [2.45, 2.75) is 32.8 Å². The van der Waals surface area contributed by atoms with Crippen LogP contribution in [-0.2, 0) is 18.2 Å².